The Kier molecular flexibility index (Phi) is 5.91. The molecular weight excluding hydrogens is 182 g/mol. The lowest BCUT2D eigenvalue weighted by Gasteiger charge is -2.01. The molecule has 0 spiro atoms. The molecule has 1 nitrogen and oxygen atoms in total. The monoisotopic (exact) mass is 205 g/mol. The SMILES string of the molecule is CCCCCCCC1=CC=C(N)CC=C1. The zero-order valence-corrected chi connectivity index (χ0v) is 9.84. The summed E-state index contributed by atoms with van der Waals surface area (Å²) in [5.74, 6) is 0. The molecule has 0 saturated heterocycles. The number of allylic oxidation sites excluding steroid dienone is 5. The van der Waals surface area contributed by atoms with Crippen LogP contribution in [0.25, 0.3) is 0 Å². The van der Waals surface area contributed by atoms with E-state index in [2.05, 4.69) is 25.2 Å². The third-order valence-electron chi connectivity index (χ3n) is 2.77. The Morgan fingerprint density at radius 2 is 1.93 bits per heavy atom. The van der Waals surface area contributed by atoms with E-state index in [-0.39, 0.29) is 0 Å². The van der Waals surface area contributed by atoms with Crippen molar-refractivity contribution in [2.75, 3.05) is 0 Å². The summed E-state index contributed by atoms with van der Waals surface area (Å²) >= 11 is 0. The van der Waals surface area contributed by atoms with E-state index in [1.807, 2.05) is 6.08 Å². The van der Waals surface area contributed by atoms with Gasteiger partial charge in [0.05, 0.1) is 0 Å². The van der Waals surface area contributed by atoms with Crippen molar-refractivity contribution >= 4 is 0 Å². The number of rotatable bonds is 6. The van der Waals surface area contributed by atoms with Gasteiger partial charge in [0.2, 0.25) is 0 Å². The molecule has 0 aromatic carbocycles. The Balaban J connectivity index is 2.20. The maximum Gasteiger partial charge on any atom is 0.0119 e. The van der Waals surface area contributed by atoms with Crippen LogP contribution in [0.15, 0.2) is 35.6 Å². The van der Waals surface area contributed by atoms with Gasteiger partial charge in [0, 0.05) is 12.1 Å². The maximum atomic E-state index is 5.76. The van der Waals surface area contributed by atoms with E-state index in [1.165, 1.54) is 44.1 Å². The number of unbranched alkanes of at least 4 members (excludes halogenated alkanes) is 4. The Hall–Kier alpha value is -0.980. The lowest BCUT2D eigenvalue weighted by Crippen LogP contribution is -1.92. The molecule has 15 heavy (non-hydrogen) atoms. The highest BCUT2D eigenvalue weighted by Gasteiger charge is 1.96. The predicted octanol–water partition coefficient (Wildman–Crippen LogP) is 4.08. The standard InChI is InChI=1S/C14H23N/c1-2-3-4-5-6-8-13-9-7-10-14(15)12-11-13/h7,9,11-12H,2-6,8,10,15H2,1H3. The largest absolute Gasteiger partial charge is 0.402 e. The molecule has 0 heterocycles. The first-order chi connectivity index (χ1) is 7.33. The molecule has 0 unspecified atom stereocenters. The first kappa shape index (κ1) is 12.1. The summed E-state index contributed by atoms with van der Waals surface area (Å²) < 4.78 is 0. The van der Waals surface area contributed by atoms with E-state index in [1.54, 1.807) is 0 Å². The molecule has 0 aromatic rings. The van der Waals surface area contributed by atoms with Crippen LogP contribution in [0.5, 0.6) is 0 Å². The van der Waals surface area contributed by atoms with Gasteiger partial charge in [-0.15, -0.1) is 0 Å². The van der Waals surface area contributed by atoms with E-state index in [4.69, 9.17) is 5.73 Å². The minimum atomic E-state index is 0.899. The topological polar surface area (TPSA) is 26.0 Å². The number of nitrogens with two attached hydrogens (primary N) is 1. The van der Waals surface area contributed by atoms with Crippen LogP contribution in [0.3, 0.4) is 0 Å². The second kappa shape index (κ2) is 7.33. The third-order valence-corrected chi connectivity index (χ3v) is 2.77. The first-order valence-corrected chi connectivity index (χ1v) is 6.14. The van der Waals surface area contributed by atoms with E-state index in [9.17, 15) is 0 Å². The molecule has 0 saturated carbocycles. The highest BCUT2D eigenvalue weighted by molar-refractivity contribution is 5.29. The van der Waals surface area contributed by atoms with E-state index < -0.39 is 0 Å². The van der Waals surface area contributed by atoms with Crippen molar-refractivity contribution < 1.29 is 0 Å². The van der Waals surface area contributed by atoms with Crippen molar-refractivity contribution in [3.8, 4) is 0 Å². The van der Waals surface area contributed by atoms with Crippen LogP contribution in [-0.4, -0.2) is 0 Å². The van der Waals surface area contributed by atoms with Crippen molar-refractivity contribution in [3.05, 3.63) is 35.6 Å². The van der Waals surface area contributed by atoms with Gasteiger partial charge < -0.3 is 5.73 Å². The fourth-order valence-corrected chi connectivity index (χ4v) is 1.78. The molecule has 2 N–H and O–H groups in total. The highest BCUT2D eigenvalue weighted by Crippen LogP contribution is 2.15. The van der Waals surface area contributed by atoms with Crippen LogP contribution >= 0.6 is 0 Å². The number of hydrogen-bond acceptors (Lipinski definition) is 1. The van der Waals surface area contributed by atoms with Gasteiger partial charge in [-0.05, 0) is 24.5 Å². The number of hydrogen-bond donors (Lipinski definition) is 1. The van der Waals surface area contributed by atoms with Crippen LogP contribution in [-0.2, 0) is 0 Å². The minimum Gasteiger partial charge on any atom is -0.402 e. The molecule has 1 aliphatic carbocycles. The highest BCUT2D eigenvalue weighted by atomic mass is 14.6. The lowest BCUT2D eigenvalue weighted by molar-refractivity contribution is 0.633. The molecule has 0 aliphatic heterocycles. The van der Waals surface area contributed by atoms with Crippen LogP contribution in [0, 0.1) is 0 Å². The summed E-state index contributed by atoms with van der Waals surface area (Å²) in [6.45, 7) is 2.25. The smallest absolute Gasteiger partial charge is 0.0119 e. The Bertz CT molecular complexity index is 259. The molecule has 1 rings (SSSR count). The maximum absolute atomic E-state index is 5.76. The average molecular weight is 205 g/mol. The van der Waals surface area contributed by atoms with Gasteiger partial charge >= 0.3 is 0 Å². The molecule has 0 radical (unpaired) electrons. The van der Waals surface area contributed by atoms with Crippen molar-refractivity contribution in [2.45, 2.75) is 51.9 Å². The summed E-state index contributed by atoms with van der Waals surface area (Å²) in [6, 6.07) is 0. The van der Waals surface area contributed by atoms with Crippen LogP contribution < -0.4 is 5.73 Å². The van der Waals surface area contributed by atoms with Crippen LogP contribution in [0.4, 0.5) is 0 Å². The van der Waals surface area contributed by atoms with Crippen molar-refractivity contribution in [1.29, 1.82) is 0 Å². The van der Waals surface area contributed by atoms with Gasteiger partial charge in [-0.25, -0.2) is 0 Å². The molecule has 0 atom stereocenters. The van der Waals surface area contributed by atoms with E-state index in [0.717, 1.165) is 12.1 Å². The van der Waals surface area contributed by atoms with Gasteiger partial charge in [0.1, 0.15) is 0 Å². The summed E-state index contributed by atoms with van der Waals surface area (Å²) in [5, 5.41) is 0. The second-order valence-corrected chi connectivity index (χ2v) is 4.25. The predicted molar refractivity (Wildman–Crippen MR) is 67.5 cm³/mol. The summed E-state index contributed by atoms with van der Waals surface area (Å²) in [4.78, 5) is 0. The van der Waals surface area contributed by atoms with Crippen LogP contribution in [0.1, 0.15) is 51.9 Å². The molecule has 0 aromatic heterocycles. The lowest BCUT2D eigenvalue weighted by atomic mass is 10.1. The summed E-state index contributed by atoms with van der Waals surface area (Å²) in [5.41, 5.74) is 8.14. The van der Waals surface area contributed by atoms with Crippen molar-refractivity contribution in [2.24, 2.45) is 5.73 Å². The Labute approximate surface area is 93.7 Å². The summed E-state index contributed by atoms with van der Waals surface area (Å²) in [7, 11) is 0. The molecule has 1 aliphatic rings. The minimum absolute atomic E-state index is 0.899. The van der Waals surface area contributed by atoms with Gasteiger partial charge in [0.25, 0.3) is 0 Å². The Morgan fingerprint density at radius 1 is 1.13 bits per heavy atom. The molecule has 0 bridgehead atoms. The van der Waals surface area contributed by atoms with E-state index >= 15 is 0 Å². The zero-order chi connectivity index (χ0) is 10.9. The van der Waals surface area contributed by atoms with Gasteiger partial charge in [-0.2, -0.15) is 0 Å². The average Bonchev–Trinajstić information content (AvgIpc) is 2.43. The zero-order valence-electron chi connectivity index (χ0n) is 9.84. The van der Waals surface area contributed by atoms with Crippen LogP contribution in [0.2, 0.25) is 0 Å². The Morgan fingerprint density at radius 3 is 2.73 bits per heavy atom. The molecule has 84 valence electrons. The first-order valence-electron chi connectivity index (χ1n) is 6.14. The van der Waals surface area contributed by atoms with Gasteiger partial charge in [0.15, 0.2) is 0 Å². The molecular formula is C14H23N. The van der Waals surface area contributed by atoms with Crippen molar-refractivity contribution in [3.63, 3.8) is 0 Å². The normalized spacial score (nSPS) is 15.8. The van der Waals surface area contributed by atoms with E-state index in [0.29, 0.717) is 0 Å². The van der Waals surface area contributed by atoms with Gasteiger partial charge in [-0.3, -0.25) is 0 Å². The van der Waals surface area contributed by atoms with Gasteiger partial charge in [-0.1, -0.05) is 50.8 Å². The summed E-state index contributed by atoms with van der Waals surface area (Å²) in [6.07, 6.45) is 17.4. The fraction of sp³-hybridized carbons (Fsp3) is 0.571. The quantitative estimate of drug-likeness (QED) is 0.650. The fourth-order valence-electron chi connectivity index (χ4n) is 1.78. The molecule has 1 heteroatoms. The third kappa shape index (κ3) is 5.46. The molecule has 0 amide bonds. The molecule has 0 fully saturated rings. The second-order valence-electron chi connectivity index (χ2n) is 4.25. The van der Waals surface area contributed by atoms with Crippen molar-refractivity contribution in [1.82, 2.24) is 0 Å².